The number of aromatic hydroxyl groups is 1. The first-order chi connectivity index (χ1) is 8.62. The molecule has 2 aromatic rings. The second-order valence-corrected chi connectivity index (χ2v) is 6.92. The van der Waals surface area contributed by atoms with E-state index in [0.717, 1.165) is 6.07 Å². The molecule has 0 aromatic heterocycles. The van der Waals surface area contributed by atoms with Crippen molar-refractivity contribution < 1.29 is 21.9 Å². The van der Waals surface area contributed by atoms with Gasteiger partial charge in [-0.2, -0.15) is 0 Å². The highest BCUT2D eigenvalue weighted by Gasteiger charge is 2.23. The van der Waals surface area contributed by atoms with Gasteiger partial charge < -0.3 is 5.11 Å². The minimum absolute atomic E-state index is 0.0399. The van der Waals surface area contributed by atoms with Crippen molar-refractivity contribution in [1.29, 1.82) is 0 Å². The van der Waals surface area contributed by atoms with E-state index in [1.807, 2.05) is 0 Å². The quantitative estimate of drug-likeness (QED) is 0.707. The molecule has 0 fully saturated rings. The molecule has 0 saturated carbocycles. The van der Waals surface area contributed by atoms with Gasteiger partial charge in [0, 0.05) is 10.8 Å². The number of fused-ring (bicyclic) bond motifs is 1. The number of hydrogen-bond acceptors (Lipinski definition) is 5. The average Bonchev–Trinajstić information content (AvgIpc) is 2.26. The molecule has 0 atom stereocenters. The van der Waals surface area contributed by atoms with E-state index >= 15 is 0 Å². The van der Waals surface area contributed by atoms with Crippen molar-refractivity contribution >= 4 is 30.8 Å². The molecule has 0 spiro atoms. The van der Waals surface area contributed by atoms with Gasteiger partial charge in [-0.25, -0.2) is 27.1 Å². The van der Waals surface area contributed by atoms with E-state index in [9.17, 15) is 21.9 Å². The number of phenolic OH excluding ortho intramolecular Hbond substituents is 1. The molecule has 2 aromatic carbocycles. The summed E-state index contributed by atoms with van der Waals surface area (Å²) in [5.74, 6) is -0.606. The molecule has 0 amide bonds. The van der Waals surface area contributed by atoms with E-state index < -0.39 is 35.6 Å². The van der Waals surface area contributed by atoms with Crippen LogP contribution in [0.5, 0.6) is 5.75 Å². The normalized spacial score (nSPS) is 12.7. The highest BCUT2D eigenvalue weighted by molar-refractivity contribution is 7.90. The zero-order valence-electron chi connectivity index (χ0n) is 9.44. The van der Waals surface area contributed by atoms with Gasteiger partial charge in [0.05, 0.1) is 4.90 Å². The topological polar surface area (TPSA) is 141 Å². The molecule has 19 heavy (non-hydrogen) atoms. The highest BCUT2D eigenvalue weighted by Crippen LogP contribution is 2.35. The Bertz CT molecular complexity index is 872. The summed E-state index contributed by atoms with van der Waals surface area (Å²) in [6.07, 6.45) is 0. The molecule has 0 radical (unpaired) electrons. The molecule has 9 heteroatoms. The lowest BCUT2D eigenvalue weighted by atomic mass is 10.1. The van der Waals surface area contributed by atoms with Crippen LogP contribution in [0.1, 0.15) is 0 Å². The van der Waals surface area contributed by atoms with Crippen molar-refractivity contribution in [2.24, 2.45) is 10.3 Å². The fourth-order valence-corrected chi connectivity index (χ4v) is 3.26. The molecule has 0 bridgehead atoms. The molecule has 0 aliphatic heterocycles. The minimum atomic E-state index is -4.28. The lowest BCUT2D eigenvalue weighted by molar-refractivity contribution is 0.465. The fourth-order valence-electron chi connectivity index (χ4n) is 1.75. The second-order valence-electron chi connectivity index (χ2n) is 3.86. The number of primary sulfonamides is 2. The Hall–Kier alpha value is -1.68. The SMILES string of the molecule is NS(=O)(=O)c1cc(S(N)(=O)=O)c2ccccc2c1O. The van der Waals surface area contributed by atoms with E-state index in [2.05, 4.69) is 0 Å². The van der Waals surface area contributed by atoms with Crippen LogP contribution in [-0.2, 0) is 20.0 Å². The molecule has 0 unspecified atom stereocenters. The van der Waals surface area contributed by atoms with Gasteiger partial charge in [-0.3, -0.25) is 0 Å². The van der Waals surface area contributed by atoms with Crippen molar-refractivity contribution in [2.75, 3.05) is 0 Å². The van der Waals surface area contributed by atoms with Crippen LogP contribution >= 0.6 is 0 Å². The second kappa shape index (κ2) is 4.17. The van der Waals surface area contributed by atoms with E-state index in [1.54, 1.807) is 0 Å². The van der Waals surface area contributed by atoms with Crippen molar-refractivity contribution in [3.05, 3.63) is 30.3 Å². The molecule has 0 aliphatic carbocycles. The van der Waals surface area contributed by atoms with Gasteiger partial charge in [-0.05, 0) is 6.07 Å². The number of sulfonamides is 2. The molecule has 7 nitrogen and oxygen atoms in total. The summed E-state index contributed by atoms with van der Waals surface area (Å²) in [7, 11) is -8.44. The van der Waals surface area contributed by atoms with Crippen LogP contribution in [0.15, 0.2) is 40.1 Å². The molecule has 0 heterocycles. The Labute approximate surface area is 109 Å². The third kappa shape index (κ3) is 2.40. The summed E-state index contributed by atoms with van der Waals surface area (Å²) in [6, 6.07) is 6.58. The molecule has 102 valence electrons. The minimum Gasteiger partial charge on any atom is -0.506 e. The van der Waals surface area contributed by atoms with E-state index in [0.29, 0.717) is 0 Å². The first-order valence-electron chi connectivity index (χ1n) is 4.92. The predicted molar refractivity (Wildman–Crippen MR) is 68.4 cm³/mol. The Morgan fingerprint density at radius 3 is 1.79 bits per heavy atom. The van der Waals surface area contributed by atoms with Gasteiger partial charge in [0.25, 0.3) is 0 Å². The molecule has 5 N–H and O–H groups in total. The van der Waals surface area contributed by atoms with Gasteiger partial charge in [-0.15, -0.1) is 0 Å². The lowest BCUT2D eigenvalue weighted by Gasteiger charge is -2.10. The maximum atomic E-state index is 11.5. The number of benzene rings is 2. The molecule has 0 aliphatic rings. The van der Waals surface area contributed by atoms with Crippen LogP contribution in [0.4, 0.5) is 0 Å². The molecular formula is C10H10N2O5S2. The van der Waals surface area contributed by atoms with Crippen molar-refractivity contribution in [3.63, 3.8) is 0 Å². The Morgan fingerprint density at radius 1 is 0.842 bits per heavy atom. The van der Waals surface area contributed by atoms with Crippen LogP contribution in [0.25, 0.3) is 10.8 Å². The summed E-state index contributed by atoms with van der Waals surface area (Å²) in [5, 5.41) is 20.0. The van der Waals surface area contributed by atoms with Gasteiger partial charge in [-0.1, -0.05) is 24.3 Å². The molecular weight excluding hydrogens is 292 g/mol. The van der Waals surface area contributed by atoms with Crippen LogP contribution in [-0.4, -0.2) is 21.9 Å². The zero-order chi connectivity index (χ0) is 14.4. The summed E-state index contributed by atoms with van der Waals surface area (Å²) < 4.78 is 45.7. The summed E-state index contributed by atoms with van der Waals surface area (Å²) in [6.45, 7) is 0. The Balaban J connectivity index is 3.10. The van der Waals surface area contributed by atoms with Crippen molar-refractivity contribution in [2.45, 2.75) is 9.79 Å². The standard InChI is InChI=1S/C10H10N2O5S2/c11-18(14,15)8-5-9(19(12,16)17)10(13)7-4-2-1-3-6(7)8/h1-5,13H,(H2,11,14,15)(H2,12,16,17). The largest absolute Gasteiger partial charge is 0.506 e. The van der Waals surface area contributed by atoms with Gasteiger partial charge in [0.2, 0.25) is 20.0 Å². The highest BCUT2D eigenvalue weighted by atomic mass is 32.2. The average molecular weight is 302 g/mol. The smallest absolute Gasteiger partial charge is 0.241 e. The van der Waals surface area contributed by atoms with Gasteiger partial charge >= 0.3 is 0 Å². The van der Waals surface area contributed by atoms with Crippen molar-refractivity contribution in [3.8, 4) is 5.75 Å². The lowest BCUT2D eigenvalue weighted by Crippen LogP contribution is -2.16. The third-order valence-corrected chi connectivity index (χ3v) is 4.43. The van der Waals surface area contributed by atoms with E-state index in [4.69, 9.17) is 10.3 Å². The monoisotopic (exact) mass is 302 g/mol. The number of rotatable bonds is 2. The van der Waals surface area contributed by atoms with E-state index in [1.165, 1.54) is 24.3 Å². The number of phenols is 1. The van der Waals surface area contributed by atoms with Gasteiger partial charge in [0.1, 0.15) is 10.6 Å². The fraction of sp³-hybridized carbons (Fsp3) is 0. The number of hydrogen-bond donors (Lipinski definition) is 3. The van der Waals surface area contributed by atoms with Gasteiger partial charge in [0.15, 0.2) is 0 Å². The zero-order valence-corrected chi connectivity index (χ0v) is 11.1. The maximum Gasteiger partial charge on any atom is 0.241 e. The third-order valence-electron chi connectivity index (χ3n) is 2.56. The Morgan fingerprint density at radius 2 is 1.32 bits per heavy atom. The van der Waals surface area contributed by atoms with E-state index in [-0.39, 0.29) is 10.8 Å². The Kier molecular flexibility index (Phi) is 3.01. The first-order valence-corrected chi connectivity index (χ1v) is 8.02. The summed E-state index contributed by atoms with van der Waals surface area (Å²) in [5.41, 5.74) is 0. The summed E-state index contributed by atoms with van der Waals surface area (Å²) in [4.78, 5) is -1.10. The van der Waals surface area contributed by atoms with Crippen LogP contribution < -0.4 is 10.3 Å². The van der Waals surface area contributed by atoms with Crippen LogP contribution in [0.2, 0.25) is 0 Å². The first kappa shape index (κ1) is 13.7. The summed E-state index contributed by atoms with van der Waals surface area (Å²) >= 11 is 0. The predicted octanol–water partition coefficient (Wildman–Crippen LogP) is -0.160. The van der Waals surface area contributed by atoms with Crippen LogP contribution in [0.3, 0.4) is 0 Å². The molecule has 2 rings (SSSR count). The molecule has 0 saturated heterocycles. The van der Waals surface area contributed by atoms with Crippen LogP contribution in [0, 0.1) is 0 Å². The number of nitrogens with two attached hydrogens (primary N) is 2. The van der Waals surface area contributed by atoms with Crippen molar-refractivity contribution in [1.82, 2.24) is 0 Å². The maximum absolute atomic E-state index is 11.5.